The highest BCUT2D eigenvalue weighted by atomic mass is 35.5. The number of rotatable bonds is 7. The molecule has 2 aliphatic rings. The first-order valence-electron chi connectivity index (χ1n) is 16.4. The fraction of sp³-hybridized carbons (Fsp3) is 0.351. The van der Waals surface area contributed by atoms with E-state index >= 15 is 0 Å². The summed E-state index contributed by atoms with van der Waals surface area (Å²) in [6.07, 6.45) is 1.92. The van der Waals surface area contributed by atoms with Crippen molar-refractivity contribution in [2.75, 3.05) is 25.6 Å². The average molecular weight is 683 g/mol. The zero-order valence-electron chi connectivity index (χ0n) is 28.1. The summed E-state index contributed by atoms with van der Waals surface area (Å²) in [6, 6.07) is 15.6. The zero-order valence-corrected chi connectivity index (χ0v) is 28.9. The van der Waals surface area contributed by atoms with Gasteiger partial charge in [0.1, 0.15) is 11.2 Å². The van der Waals surface area contributed by atoms with Crippen molar-refractivity contribution in [3.63, 3.8) is 0 Å². The molecule has 2 aromatic carbocycles. The molecule has 1 fully saturated rings. The SMILES string of the molecule is COc1nc(-c2cccc(-c3cccc(Nc4nc(C)cc5c4c(=O)n(C)c(=O)n5C)c3C)c2Cl)cc2c1C(NC1CCOCC1O)CC2. The maximum Gasteiger partial charge on any atom is 0.330 e. The van der Waals surface area contributed by atoms with Gasteiger partial charge >= 0.3 is 5.69 Å². The normalized spacial score (nSPS) is 18.9. The van der Waals surface area contributed by atoms with Crippen LogP contribution in [0.1, 0.15) is 41.3 Å². The molecule has 3 aromatic heterocycles. The Labute approximate surface area is 288 Å². The lowest BCUT2D eigenvalue weighted by molar-refractivity contribution is -0.0304. The van der Waals surface area contributed by atoms with Crippen molar-refractivity contribution in [1.82, 2.24) is 24.4 Å². The van der Waals surface area contributed by atoms with E-state index in [1.165, 1.54) is 11.6 Å². The van der Waals surface area contributed by atoms with Gasteiger partial charge in [0.2, 0.25) is 5.88 Å². The minimum atomic E-state index is -0.551. The van der Waals surface area contributed by atoms with E-state index in [1.54, 1.807) is 20.2 Å². The number of aromatic nitrogens is 4. The third-order valence-electron chi connectivity index (χ3n) is 9.83. The number of pyridine rings is 2. The Hall–Kier alpha value is -4.55. The van der Waals surface area contributed by atoms with Crippen LogP contribution in [0.4, 0.5) is 11.5 Å². The van der Waals surface area contributed by atoms with Crippen LogP contribution in [0.5, 0.6) is 5.88 Å². The van der Waals surface area contributed by atoms with Gasteiger partial charge in [-0.25, -0.2) is 14.8 Å². The summed E-state index contributed by atoms with van der Waals surface area (Å²) in [5, 5.41) is 18.4. The summed E-state index contributed by atoms with van der Waals surface area (Å²) in [7, 11) is 4.74. The van der Waals surface area contributed by atoms with Gasteiger partial charge in [-0.2, -0.15) is 0 Å². The summed E-state index contributed by atoms with van der Waals surface area (Å²) < 4.78 is 13.8. The number of anilines is 2. The van der Waals surface area contributed by atoms with Crippen LogP contribution in [-0.2, 0) is 25.3 Å². The monoisotopic (exact) mass is 682 g/mol. The third kappa shape index (κ3) is 5.80. The summed E-state index contributed by atoms with van der Waals surface area (Å²) >= 11 is 7.21. The van der Waals surface area contributed by atoms with Crippen LogP contribution in [0.15, 0.2) is 58.1 Å². The van der Waals surface area contributed by atoms with Gasteiger partial charge in [-0.05, 0) is 68.0 Å². The van der Waals surface area contributed by atoms with E-state index in [4.69, 9.17) is 26.1 Å². The molecule has 1 aliphatic carbocycles. The zero-order chi connectivity index (χ0) is 34.6. The molecule has 254 valence electrons. The van der Waals surface area contributed by atoms with Gasteiger partial charge in [0, 0.05) is 60.9 Å². The molecule has 1 saturated heterocycles. The molecule has 3 unspecified atom stereocenters. The third-order valence-corrected chi connectivity index (χ3v) is 10.2. The number of nitrogens with zero attached hydrogens (tertiary/aromatic N) is 4. The summed E-state index contributed by atoms with van der Waals surface area (Å²) in [6.45, 7) is 4.78. The molecule has 0 saturated carbocycles. The van der Waals surface area contributed by atoms with Gasteiger partial charge in [-0.1, -0.05) is 41.9 Å². The maximum absolute atomic E-state index is 13.3. The Bertz CT molecular complexity index is 2230. The van der Waals surface area contributed by atoms with Crippen LogP contribution in [0.3, 0.4) is 0 Å². The first-order chi connectivity index (χ1) is 23.6. The van der Waals surface area contributed by atoms with E-state index in [9.17, 15) is 14.7 Å². The molecule has 12 heteroatoms. The molecule has 0 spiro atoms. The van der Waals surface area contributed by atoms with Crippen molar-refractivity contribution < 1.29 is 14.6 Å². The molecule has 1 aliphatic heterocycles. The molecular formula is C37H39ClN6O5. The molecule has 0 bridgehead atoms. The molecular weight excluding hydrogens is 644 g/mol. The molecule has 3 N–H and O–H groups in total. The van der Waals surface area contributed by atoms with Gasteiger partial charge in [-0.3, -0.25) is 13.9 Å². The highest BCUT2D eigenvalue weighted by molar-refractivity contribution is 6.36. The minimum absolute atomic E-state index is 0.0222. The van der Waals surface area contributed by atoms with Crippen LogP contribution >= 0.6 is 11.6 Å². The topological polar surface area (TPSA) is 133 Å². The summed E-state index contributed by atoms with van der Waals surface area (Å²) in [4.78, 5) is 35.5. The molecule has 11 nitrogen and oxygen atoms in total. The summed E-state index contributed by atoms with van der Waals surface area (Å²) in [5.74, 6) is 0.925. The van der Waals surface area contributed by atoms with E-state index in [0.29, 0.717) is 46.5 Å². The Kier molecular flexibility index (Phi) is 8.78. The van der Waals surface area contributed by atoms with Crippen molar-refractivity contribution >= 4 is 34.0 Å². The van der Waals surface area contributed by atoms with Gasteiger partial charge in [0.25, 0.3) is 5.56 Å². The lowest BCUT2D eigenvalue weighted by atomic mass is 9.96. The molecule has 0 radical (unpaired) electrons. The largest absolute Gasteiger partial charge is 0.481 e. The predicted molar refractivity (Wildman–Crippen MR) is 191 cm³/mol. The number of nitrogens with one attached hydrogen (secondary N) is 2. The molecule has 4 heterocycles. The molecule has 5 aromatic rings. The summed E-state index contributed by atoms with van der Waals surface area (Å²) in [5.41, 5.74) is 7.42. The van der Waals surface area contributed by atoms with E-state index in [0.717, 1.165) is 68.6 Å². The minimum Gasteiger partial charge on any atom is -0.481 e. The van der Waals surface area contributed by atoms with Gasteiger partial charge in [-0.15, -0.1) is 0 Å². The van der Waals surface area contributed by atoms with Crippen molar-refractivity contribution in [3.8, 4) is 28.3 Å². The average Bonchev–Trinajstić information content (AvgIpc) is 3.50. The number of aryl methyl sites for hydroxylation is 3. The number of ether oxygens (including phenoxy) is 2. The fourth-order valence-corrected chi connectivity index (χ4v) is 7.50. The highest BCUT2D eigenvalue weighted by Crippen LogP contribution is 2.43. The number of aliphatic hydroxyl groups is 1. The number of methoxy groups -OCH3 is 1. The Morgan fingerprint density at radius 3 is 2.53 bits per heavy atom. The van der Waals surface area contributed by atoms with Crippen molar-refractivity contribution in [2.45, 2.75) is 51.3 Å². The highest BCUT2D eigenvalue weighted by Gasteiger charge is 2.33. The van der Waals surface area contributed by atoms with E-state index < -0.39 is 17.4 Å². The first kappa shape index (κ1) is 33.0. The van der Waals surface area contributed by atoms with Crippen LogP contribution in [0.2, 0.25) is 5.02 Å². The molecule has 7 rings (SSSR count). The fourth-order valence-electron chi connectivity index (χ4n) is 7.17. The van der Waals surface area contributed by atoms with Crippen molar-refractivity contribution in [3.05, 3.63) is 96.8 Å². The van der Waals surface area contributed by atoms with Crippen LogP contribution < -0.4 is 26.6 Å². The van der Waals surface area contributed by atoms with E-state index in [-0.39, 0.29) is 12.1 Å². The number of hydrogen-bond acceptors (Lipinski definition) is 9. The van der Waals surface area contributed by atoms with Gasteiger partial charge in [0.15, 0.2) is 0 Å². The standard InChI is InChI=1S/C37H39ClN6O5/c1-19-16-29-32(36(46)44(4)37(47)43(29)3)34(39-19)41-25-11-7-8-22(20(25)2)23-9-6-10-24(33(23)38)28-17-21-12-13-27(31(21)35(42-28)48-5)40-26-14-15-49-18-30(26)45/h6-11,16-17,26-27,30,40,45H,12-15,18H2,1-5H3,(H,39,41). The van der Waals surface area contributed by atoms with Crippen LogP contribution in [0.25, 0.3) is 33.3 Å². The van der Waals surface area contributed by atoms with Crippen molar-refractivity contribution in [1.29, 1.82) is 0 Å². The van der Waals surface area contributed by atoms with Crippen molar-refractivity contribution in [2.24, 2.45) is 14.1 Å². The van der Waals surface area contributed by atoms with Crippen LogP contribution in [-0.4, -0.2) is 56.7 Å². The van der Waals surface area contributed by atoms with Gasteiger partial charge < -0.3 is 25.2 Å². The number of halogens is 1. The van der Waals surface area contributed by atoms with E-state index in [1.807, 2.05) is 50.2 Å². The Balaban J connectivity index is 1.25. The van der Waals surface area contributed by atoms with Gasteiger partial charge in [0.05, 0.1) is 36.1 Å². The second-order valence-corrected chi connectivity index (χ2v) is 13.2. The smallest absolute Gasteiger partial charge is 0.330 e. The van der Waals surface area contributed by atoms with E-state index in [2.05, 4.69) is 21.7 Å². The quantitative estimate of drug-likeness (QED) is 0.214. The Morgan fingerprint density at radius 2 is 1.76 bits per heavy atom. The Morgan fingerprint density at radius 1 is 1.00 bits per heavy atom. The number of hydrogen-bond donors (Lipinski definition) is 3. The number of aliphatic hydroxyl groups excluding tert-OH is 1. The second-order valence-electron chi connectivity index (χ2n) is 12.9. The number of benzene rings is 2. The molecule has 3 atom stereocenters. The maximum atomic E-state index is 13.3. The molecule has 0 amide bonds. The first-order valence-corrected chi connectivity index (χ1v) is 16.8. The predicted octanol–water partition coefficient (Wildman–Crippen LogP) is 5.11. The second kappa shape index (κ2) is 13.1. The molecule has 49 heavy (non-hydrogen) atoms. The lowest BCUT2D eigenvalue weighted by Crippen LogP contribution is -2.47. The lowest BCUT2D eigenvalue weighted by Gasteiger charge is -2.31. The number of fused-ring (bicyclic) bond motifs is 2. The van der Waals surface area contributed by atoms with Crippen LogP contribution in [0, 0.1) is 13.8 Å².